The van der Waals surface area contributed by atoms with Gasteiger partial charge in [-0.25, -0.2) is 0 Å². The van der Waals surface area contributed by atoms with Crippen LogP contribution in [0.25, 0.3) is 0 Å². The van der Waals surface area contributed by atoms with E-state index in [4.69, 9.17) is 0 Å². The number of hydrogen-bond acceptors (Lipinski definition) is 0. The predicted molar refractivity (Wildman–Crippen MR) is 25.5 cm³/mol. The van der Waals surface area contributed by atoms with Crippen molar-refractivity contribution in [2.75, 3.05) is 0 Å². The van der Waals surface area contributed by atoms with Gasteiger partial charge >= 0.3 is 19.5 Å². The van der Waals surface area contributed by atoms with Gasteiger partial charge in [-0.2, -0.15) is 6.92 Å². The van der Waals surface area contributed by atoms with Gasteiger partial charge in [0.05, 0.1) is 0 Å². The summed E-state index contributed by atoms with van der Waals surface area (Å²) in [7, 11) is 0. The van der Waals surface area contributed by atoms with Gasteiger partial charge in [-0.3, -0.25) is 0 Å². The second-order valence-electron chi connectivity index (χ2n) is 0. The standard InChI is InChI=1S/C2H5.2ClH.Ru/c1-2;;;/h1H2,2H3;2*1H;/q-1;;;+1. The van der Waals surface area contributed by atoms with E-state index >= 15 is 0 Å². The summed E-state index contributed by atoms with van der Waals surface area (Å²) in [4.78, 5) is 0. The molecule has 37 valence electrons. The fourth-order valence-corrected chi connectivity index (χ4v) is 0. The van der Waals surface area contributed by atoms with Gasteiger partial charge in [-0.1, -0.05) is 0 Å². The van der Waals surface area contributed by atoms with E-state index < -0.39 is 0 Å². The molecule has 0 saturated heterocycles. The van der Waals surface area contributed by atoms with Crippen LogP contribution in [0.4, 0.5) is 0 Å². The van der Waals surface area contributed by atoms with E-state index in [0.29, 0.717) is 0 Å². The molecule has 0 aromatic heterocycles. The van der Waals surface area contributed by atoms with Crippen molar-refractivity contribution < 1.29 is 19.5 Å². The number of hydrogen-bond donors (Lipinski definition) is 0. The fourth-order valence-electron chi connectivity index (χ4n) is 0. The van der Waals surface area contributed by atoms with E-state index in [0.717, 1.165) is 0 Å². The summed E-state index contributed by atoms with van der Waals surface area (Å²) in [5, 5.41) is 0. The smallest absolute Gasteiger partial charge is 0.346 e. The normalized spacial score (nSPS) is 1.20. The molecule has 0 rings (SSSR count). The summed E-state index contributed by atoms with van der Waals surface area (Å²) in [6, 6.07) is 0. The van der Waals surface area contributed by atoms with Crippen LogP contribution in [0.5, 0.6) is 0 Å². The minimum atomic E-state index is 0. The van der Waals surface area contributed by atoms with Crippen molar-refractivity contribution in [1.82, 2.24) is 0 Å². The molecule has 0 aromatic carbocycles. The Balaban J connectivity index is -0.00000000167. The molecule has 0 fully saturated rings. The quantitative estimate of drug-likeness (QED) is 0.415. The predicted octanol–water partition coefficient (Wildman–Crippen LogP) is 1.68. The van der Waals surface area contributed by atoms with Crippen molar-refractivity contribution in [3.05, 3.63) is 6.92 Å². The molecule has 0 nitrogen and oxygen atoms in total. The molecule has 3 heteroatoms. The molecule has 0 bridgehead atoms. The largest absolute Gasteiger partial charge is 1.00 e. The van der Waals surface area contributed by atoms with E-state index in [1.165, 1.54) is 0 Å². The first-order chi connectivity index (χ1) is 1.00. The van der Waals surface area contributed by atoms with Crippen LogP contribution in [-0.2, 0) is 19.5 Å². The molecule has 5 heavy (non-hydrogen) atoms. The topological polar surface area (TPSA) is 0 Å². The van der Waals surface area contributed by atoms with Gasteiger partial charge in [-0.15, -0.1) is 24.8 Å². The van der Waals surface area contributed by atoms with Crippen LogP contribution in [0.2, 0.25) is 0 Å². The van der Waals surface area contributed by atoms with Crippen LogP contribution < -0.4 is 0 Å². The van der Waals surface area contributed by atoms with Crippen molar-refractivity contribution in [3.63, 3.8) is 0 Å². The minimum Gasteiger partial charge on any atom is -0.346 e. The minimum absolute atomic E-state index is 0. The zero-order valence-corrected chi connectivity index (χ0v) is 6.25. The summed E-state index contributed by atoms with van der Waals surface area (Å²) in [5.41, 5.74) is 0. The van der Waals surface area contributed by atoms with Crippen LogP contribution in [-0.4, -0.2) is 0 Å². The molecule has 0 aliphatic carbocycles. The molecule has 0 unspecified atom stereocenters. The van der Waals surface area contributed by atoms with Gasteiger partial charge in [0, 0.05) is 0 Å². The maximum Gasteiger partial charge on any atom is 1.00 e. The van der Waals surface area contributed by atoms with Crippen LogP contribution in [0.1, 0.15) is 6.92 Å². The maximum absolute atomic E-state index is 3.25. The van der Waals surface area contributed by atoms with Crippen molar-refractivity contribution in [3.8, 4) is 0 Å². The first-order valence-corrected chi connectivity index (χ1v) is 0.707. The van der Waals surface area contributed by atoms with Crippen LogP contribution in [0.3, 0.4) is 0 Å². The van der Waals surface area contributed by atoms with E-state index in [1.807, 2.05) is 0 Å². The van der Waals surface area contributed by atoms with Crippen molar-refractivity contribution in [2.24, 2.45) is 0 Å². The number of halogens is 2. The summed E-state index contributed by atoms with van der Waals surface area (Å²) in [6.07, 6.45) is 0. The molecule has 0 heterocycles. The molecule has 1 radical (unpaired) electrons. The molecule has 0 saturated carbocycles. The van der Waals surface area contributed by atoms with E-state index in [1.54, 1.807) is 6.92 Å². The van der Waals surface area contributed by atoms with Crippen LogP contribution >= 0.6 is 24.8 Å². The zero-order chi connectivity index (χ0) is 2.00. The van der Waals surface area contributed by atoms with E-state index in [-0.39, 0.29) is 44.3 Å². The van der Waals surface area contributed by atoms with Crippen molar-refractivity contribution in [1.29, 1.82) is 0 Å². The number of rotatable bonds is 0. The third-order valence-corrected chi connectivity index (χ3v) is 0. The first kappa shape index (κ1) is 34.6. The van der Waals surface area contributed by atoms with E-state index in [9.17, 15) is 0 Å². The fraction of sp³-hybridized carbons (Fsp3) is 0.500. The monoisotopic (exact) mass is 203 g/mol. The Morgan fingerprint density at radius 2 is 1.00 bits per heavy atom. The maximum atomic E-state index is 3.25. The summed E-state index contributed by atoms with van der Waals surface area (Å²) in [5.74, 6) is 0. The summed E-state index contributed by atoms with van der Waals surface area (Å²) < 4.78 is 0. The molecule has 0 aliphatic heterocycles. The second kappa shape index (κ2) is 63.5. The van der Waals surface area contributed by atoms with Gasteiger partial charge in [0.2, 0.25) is 0 Å². The Morgan fingerprint density at radius 3 is 1.00 bits per heavy atom. The zero-order valence-electron chi connectivity index (χ0n) is 2.88. The van der Waals surface area contributed by atoms with Crippen molar-refractivity contribution >= 4 is 24.8 Å². The molecule has 0 aliphatic rings. The third kappa shape index (κ3) is 36.9. The average molecular weight is 203 g/mol. The Bertz CT molecular complexity index is 7.61. The first-order valence-electron chi connectivity index (χ1n) is 0.707. The Morgan fingerprint density at radius 1 is 1.00 bits per heavy atom. The molecule has 0 atom stereocenters. The molecule has 0 spiro atoms. The van der Waals surface area contributed by atoms with Crippen LogP contribution in [0.15, 0.2) is 0 Å². The summed E-state index contributed by atoms with van der Waals surface area (Å²) in [6.45, 7) is 5.00. The third-order valence-electron chi connectivity index (χ3n) is 0. The average Bonchev–Trinajstić information content (AvgIpc) is 1.00. The summed E-state index contributed by atoms with van der Waals surface area (Å²) >= 11 is 0. The van der Waals surface area contributed by atoms with Gasteiger partial charge < -0.3 is 6.92 Å². The van der Waals surface area contributed by atoms with Crippen molar-refractivity contribution in [2.45, 2.75) is 6.92 Å². The van der Waals surface area contributed by atoms with Gasteiger partial charge in [0.1, 0.15) is 0 Å². The van der Waals surface area contributed by atoms with Gasteiger partial charge in [0.15, 0.2) is 0 Å². The van der Waals surface area contributed by atoms with E-state index in [2.05, 4.69) is 6.92 Å². The Hall–Kier alpha value is 1.20. The van der Waals surface area contributed by atoms with Gasteiger partial charge in [-0.05, 0) is 0 Å². The Labute approximate surface area is 58.3 Å². The Kier molecular flexibility index (Phi) is 439. The SMILES string of the molecule is Cl.Cl.[CH2-]C.[Ru+]. The molecular weight excluding hydrogens is 196 g/mol. The van der Waals surface area contributed by atoms with Crippen LogP contribution in [0, 0.1) is 6.92 Å². The molecule has 0 amide bonds. The second-order valence-corrected chi connectivity index (χ2v) is 0. The van der Waals surface area contributed by atoms with Gasteiger partial charge in [0.25, 0.3) is 0 Å². The molecule has 0 aromatic rings. The molecular formula is C2H7Cl2Ru. The molecule has 0 N–H and O–H groups in total.